The monoisotopic (exact) mass is 253 g/mol. The van der Waals surface area contributed by atoms with E-state index in [4.69, 9.17) is 9.15 Å². The number of carbonyl (C=O) groups excluding carboxylic acids is 1. The standard InChI is InChI=1S/C13H19NO4/c15-9-11(12-4-2-8-18-12)14-13(16)6-5-10-3-1-7-17-10/h2,4,8,10-11,15H,1,3,5-7,9H2,(H,14,16). The molecule has 0 radical (unpaired) electrons. The zero-order valence-corrected chi connectivity index (χ0v) is 10.3. The van der Waals surface area contributed by atoms with E-state index in [0.717, 1.165) is 25.9 Å². The Morgan fingerprint density at radius 3 is 3.11 bits per heavy atom. The highest BCUT2D eigenvalue weighted by atomic mass is 16.5. The molecule has 1 aromatic heterocycles. The molecule has 1 aliphatic rings. The predicted octanol–water partition coefficient (Wildman–Crippen LogP) is 1.39. The largest absolute Gasteiger partial charge is 0.467 e. The van der Waals surface area contributed by atoms with E-state index in [1.54, 1.807) is 12.1 Å². The number of ether oxygens (including phenoxy) is 1. The second-order valence-corrected chi connectivity index (χ2v) is 4.49. The van der Waals surface area contributed by atoms with Crippen molar-refractivity contribution in [3.8, 4) is 0 Å². The summed E-state index contributed by atoms with van der Waals surface area (Å²) in [5.74, 6) is 0.490. The summed E-state index contributed by atoms with van der Waals surface area (Å²) < 4.78 is 10.6. The Morgan fingerprint density at radius 2 is 2.50 bits per heavy atom. The van der Waals surface area contributed by atoms with E-state index < -0.39 is 6.04 Å². The van der Waals surface area contributed by atoms with Crippen molar-refractivity contribution >= 4 is 5.91 Å². The van der Waals surface area contributed by atoms with Gasteiger partial charge in [0.2, 0.25) is 5.91 Å². The molecule has 1 amide bonds. The third-order valence-electron chi connectivity index (χ3n) is 3.12. The fourth-order valence-corrected chi connectivity index (χ4v) is 2.13. The predicted molar refractivity (Wildman–Crippen MR) is 64.9 cm³/mol. The van der Waals surface area contributed by atoms with E-state index in [9.17, 15) is 9.90 Å². The van der Waals surface area contributed by atoms with E-state index in [2.05, 4.69) is 5.32 Å². The molecule has 5 heteroatoms. The van der Waals surface area contributed by atoms with Crippen molar-refractivity contribution in [1.29, 1.82) is 0 Å². The molecule has 0 aliphatic carbocycles. The van der Waals surface area contributed by atoms with Crippen LogP contribution in [0.25, 0.3) is 0 Å². The molecule has 2 heterocycles. The first-order valence-electron chi connectivity index (χ1n) is 6.35. The van der Waals surface area contributed by atoms with Gasteiger partial charge in [-0.25, -0.2) is 0 Å². The Kier molecular flexibility index (Phi) is 4.78. The van der Waals surface area contributed by atoms with Crippen LogP contribution >= 0.6 is 0 Å². The van der Waals surface area contributed by atoms with E-state index in [1.165, 1.54) is 6.26 Å². The van der Waals surface area contributed by atoms with Gasteiger partial charge < -0.3 is 19.6 Å². The maximum absolute atomic E-state index is 11.7. The van der Waals surface area contributed by atoms with Gasteiger partial charge in [-0.05, 0) is 31.4 Å². The Labute approximate surface area is 106 Å². The molecule has 5 nitrogen and oxygen atoms in total. The summed E-state index contributed by atoms with van der Waals surface area (Å²) in [6, 6.07) is 3.01. The second-order valence-electron chi connectivity index (χ2n) is 4.49. The fraction of sp³-hybridized carbons (Fsp3) is 0.615. The number of hydrogen-bond acceptors (Lipinski definition) is 4. The number of aliphatic hydroxyl groups excluding tert-OH is 1. The van der Waals surface area contributed by atoms with Crippen LogP contribution < -0.4 is 5.32 Å². The molecule has 0 aromatic carbocycles. The zero-order chi connectivity index (χ0) is 12.8. The van der Waals surface area contributed by atoms with Gasteiger partial charge in [-0.15, -0.1) is 0 Å². The molecule has 2 rings (SSSR count). The van der Waals surface area contributed by atoms with Gasteiger partial charge in [0.1, 0.15) is 11.8 Å². The lowest BCUT2D eigenvalue weighted by molar-refractivity contribution is -0.122. The van der Waals surface area contributed by atoms with E-state index in [-0.39, 0.29) is 18.6 Å². The van der Waals surface area contributed by atoms with Gasteiger partial charge >= 0.3 is 0 Å². The zero-order valence-electron chi connectivity index (χ0n) is 10.3. The van der Waals surface area contributed by atoms with Crippen LogP contribution in [-0.2, 0) is 9.53 Å². The minimum Gasteiger partial charge on any atom is -0.467 e. The van der Waals surface area contributed by atoms with Crippen molar-refractivity contribution in [1.82, 2.24) is 5.32 Å². The summed E-state index contributed by atoms with van der Waals surface area (Å²) >= 11 is 0. The highest BCUT2D eigenvalue weighted by molar-refractivity contribution is 5.76. The lowest BCUT2D eigenvalue weighted by Crippen LogP contribution is -2.31. The van der Waals surface area contributed by atoms with Gasteiger partial charge in [-0.1, -0.05) is 0 Å². The van der Waals surface area contributed by atoms with E-state index in [0.29, 0.717) is 12.2 Å². The normalized spacial score (nSPS) is 20.8. The van der Waals surface area contributed by atoms with Crippen molar-refractivity contribution < 1.29 is 19.1 Å². The Bertz CT molecular complexity index is 357. The van der Waals surface area contributed by atoms with Gasteiger partial charge in [0.15, 0.2) is 0 Å². The molecule has 100 valence electrons. The lowest BCUT2D eigenvalue weighted by Gasteiger charge is -2.15. The molecule has 1 saturated heterocycles. The maximum atomic E-state index is 11.7. The van der Waals surface area contributed by atoms with Crippen LogP contribution in [0.4, 0.5) is 0 Å². The summed E-state index contributed by atoms with van der Waals surface area (Å²) in [7, 11) is 0. The second kappa shape index (κ2) is 6.56. The topological polar surface area (TPSA) is 71.7 Å². The van der Waals surface area contributed by atoms with Crippen LogP contribution in [0.3, 0.4) is 0 Å². The Hall–Kier alpha value is -1.33. The molecule has 0 saturated carbocycles. The molecule has 1 fully saturated rings. The summed E-state index contributed by atoms with van der Waals surface area (Å²) in [4.78, 5) is 11.7. The Morgan fingerprint density at radius 1 is 1.61 bits per heavy atom. The molecule has 18 heavy (non-hydrogen) atoms. The maximum Gasteiger partial charge on any atom is 0.220 e. The Balaban J connectivity index is 1.75. The highest BCUT2D eigenvalue weighted by Gasteiger charge is 2.19. The SMILES string of the molecule is O=C(CCC1CCCO1)NC(CO)c1ccco1. The number of furan rings is 1. The van der Waals surface area contributed by atoms with Gasteiger partial charge in [0.25, 0.3) is 0 Å². The van der Waals surface area contributed by atoms with Gasteiger partial charge in [0.05, 0.1) is 19.0 Å². The molecular formula is C13H19NO4. The molecule has 2 unspecified atom stereocenters. The molecule has 1 aliphatic heterocycles. The van der Waals surface area contributed by atoms with Crippen LogP contribution in [0.1, 0.15) is 37.5 Å². The van der Waals surface area contributed by atoms with Crippen LogP contribution in [0.5, 0.6) is 0 Å². The average Bonchev–Trinajstić information content (AvgIpc) is 3.05. The number of amides is 1. The minimum atomic E-state index is -0.461. The highest BCUT2D eigenvalue weighted by Crippen LogP contribution is 2.17. The summed E-state index contributed by atoms with van der Waals surface area (Å²) in [5.41, 5.74) is 0. The van der Waals surface area contributed by atoms with E-state index in [1.807, 2.05) is 0 Å². The van der Waals surface area contributed by atoms with Crippen LogP contribution in [0.15, 0.2) is 22.8 Å². The number of nitrogens with one attached hydrogen (secondary N) is 1. The first-order chi connectivity index (χ1) is 8.79. The van der Waals surface area contributed by atoms with Crippen molar-refractivity contribution in [3.05, 3.63) is 24.2 Å². The van der Waals surface area contributed by atoms with Crippen molar-refractivity contribution in [2.24, 2.45) is 0 Å². The number of carbonyl (C=O) groups is 1. The van der Waals surface area contributed by atoms with Gasteiger partial charge in [-0.3, -0.25) is 4.79 Å². The first kappa shape index (κ1) is 13.1. The molecule has 1 aromatic rings. The van der Waals surface area contributed by atoms with Gasteiger partial charge in [-0.2, -0.15) is 0 Å². The lowest BCUT2D eigenvalue weighted by atomic mass is 10.1. The average molecular weight is 253 g/mol. The summed E-state index contributed by atoms with van der Waals surface area (Å²) in [6.45, 7) is 0.636. The van der Waals surface area contributed by atoms with E-state index >= 15 is 0 Å². The number of aliphatic hydroxyl groups is 1. The minimum absolute atomic E-state index is 0.0825. The molecule has 0 spiro atoms. The smallest absolute Gasteiger partial charge is 0.220 e. The van der Waals surface area contributed by atoms with Crippen molar-refractivity contribution in [2.45, 2.75) is 37.8 Å². The molecular weight excluding hydrogens is 234 g/mol. The van der Waals surface area contributed by atoms with Gasteiger partial charge in [0, 0.05) is 13.0 Å². The third-order valence-corrected chi connectivity index (χ3v) is 3.12. The molecule has 2 atom stereocenters. The van der Waals surface area contributed by atoms with Crippen LogP contribution in [0.2, 0.25) is 0 Å². The number of rotatable bonds is 6. The summed E-state index contributed by atoms with van der Waals surface area (Å²) in [6.07, 6.45) is 5.01. The van der Waals surface area contributed by atoms with Crippen molar-refractivity contribution in [2.75, 3.05) is 13.2 Å². The summed E-state index contributed by atoms with van der Waals surface area (Å²) in [5, 5.41) is 12.0. The van der Waals surface area contributed by atoms with Crippen molar-refractivity contribution in [3.63, 3.8) is 0 Å². The molecule has 2 N–H and O–H groups in total. The first-order valence-corrected chi connectivity index (χ1v) is 6.35. The quantitative estimate of drug-likeness (QED) is 0.803. The van der Waals surface area contributed by atoms with Crippen LogP contribution in [-0.4, -0.2) is 30.3 Å². The third kappa shape index (κ3) is 3.58. The molecule has 0 bridgehead atoms. The number of hydrogen-bond donors (Lipinski definition) is 2. The fourth-order valence-electron chi connectivity index (χ4n) is 2.13. The van der Waals surface area contributed by atoms with Crippen LogP contribution in [0, 0.1) is 0 Å².